The Kier molecular flexibility index (Phi) is 2.77. The zero-order valence-electron chi connectivity index (χ0n) is 7.11. The summed E-state index contributed by atoms with van der Waals surface area (Å²) in [6.07, 6.45) is 0. The van der Waals surface area contributed by atoms with Gasteiger partial charge in [-0.1, -0.05) is 6.07 Å². The van der Waals surface area contributed by atoms with E-state index in [1.807, 2.05) is 0 Å². The molecule has 0 aliphatic heterocycles. The molecule has 1 rings (SSSR count). The van der Waals surface area contributed by atoms with E-state index in [1.54, 1.807) is 13.0 Å². The molecule has 0 N–H and O–H groups in total. The largest absolute Gasteiger partial charge is 0.481 e. The lowest BCUT2D eigenvalue weighted by molar-refractivity contribution is 0.390. The lowest BCUT2D eigenvalue weighted by atomic mass is 10.3. The smallest absolute Gasteiger partial charge is 0.278 e. The number of nitrogens with zero attached hydrogens (tertiary/aromatic N) is 1. The Morgan fingerprint density at radius 2 is 2.08 bits per heavy atom. The van der Waals surface area contributed by atoms with Crippen molar-refractivity contribution in [3.8, 4) is 5.88 Å². The standard InChI is InChI=1S/C7H8ClNO3S/c1-5-3-4-6(13(8,10)11)9-7(5)12-2/h3-4H,1-2H3. The van der Waals surface area contributed by atoms with Gasteiger partial charge in [0.05, 0.1) is 7.11 Å². The number of aryl methyl sites for hydroxylation is 1. The molecule has 72 valence electrons. The van der Waals surface area contributed by atoms with Crippen LogP contribution in [-0.2, 0) is 9.05 Å². The van der Waals surface area contributed by atoms with Crippen LogP contribution in [-0.4, -0.2) is 20.5 Å². The molecule has 4 nitrogen and oxygen atoms in total. The summed E-state index contributed by atoms with van der Waals surface area (Å²) in [5, 5.41) is -0.198. The molecular weight excluding hydrogens is 214 g/mol. The maximum absolute atomic E-state index is 10.9. The summed E-state index contributed by atoms with van der Waals surface area (Å²) in [7, 11) is 2.74. The molecule has 0 saturated heterocycles. The van der Waals surface area contributed by atoms with Crippen molar-refractivity contribution < 1.29 is 13.2 Å². The van der Waals surface area contributed by atoms with E-state index in [0.29, 0.717) is 0 Å². The fourth-order valence-electron chi connectivity index (χ4n) is 0.836. The summed E-state index contributed by atoms with van der Waals surface area (Å²) < 4.78 is 26.6. The summed E-state index contributed by atoms with van der Waals surface area (Å²) in [4.78, 5) is 3.72. The van der Waals surface area contributed by atoms with E-state index in [0.717, 1.165) is 5.56 Å². The quantitative estimate of drug-likeness (QED) is 0.707. The number of aromatic nitrogens is 1. The van der Waals surface area contributed by atoms with Gasteiger partial charge in [-0.2, -0.15) is 0 Å². The van der Waals surface area contributed by atoms with Gasteiger partial charge in [0, 0.05) is 16.2 Å². The van der Waals surface area contributed by atoms with Crippen molar-refractivity contribution in [3.63, 3.8) is 0 Å². The highest BCUT2D eigenvalue weighted by molar-refractivity contribution is 8.13. The molecule has 0 fully saturated rings. The predicted molar refractivity (Wildman–Crippen MR) is 48.6 cm³/mol. The van der Waals surface area contributed by atoms with Gasteiger partial charge in [0.15, 0.2) is 5.03 Å². The monoisotopic (exact) mass is 221 g/mol. The van der Waals surface area contributed by atoms with Crippen LogP contribution in [0.3, 0.4) is 0 Å². The third-order valence-electron chi connectivity index (χ3n) is 1.47. The van der Waals surface area contributed by atoms with Crippen LogP contribution in [0.15, 0.2) is 17.2 Å². The fraction of sp³-hybridized carbons (Fsp3) is 0.286. The second-order valence-corrected chi connectivity index (χ2v) is 4.93. The fourth-order valence-corrected chi connectivity index (χ4v) is 1.52. The third kappa shape index (κ3) is 2.32. The van der Waals surface area contributed by atoms with Crippen molar-refractivity contribution in [2.75, 3.05) is 7.11 Å². The van der Waals surface area contributed by atoms with Gasteiger partial charge >= 0.3 is 0 Å². The molecule has 0 unspecified atom stereocenters. The minimum absolute atomic E-state index is 0.198. The molecule has 1 heterocycles. The number of methoxy groups -OCH3 is 1. The molecule has 0 saturated carbocycles. The van der Waals surface area contributed by atoms with Crippen molar-refractivity contribution in [3.05, 3.63) is 17.7 Å². The Labute approximate surface area is 80.9 Å². The molecule has 13 heavy (non-hydrogen) atoms. The first kappa shape index (κ1) is 10.3. The lowest BCUT2D eigenvalue weighted by Crippen LogP contribution is -1.98. The van der Waals surface area contributed by atoms with Crippen molar-refractivity contribution in [2.45, 2.75) is 11.9 Å². The molecular formula is C7H8ClNO3S. The number of pyridine rings is 1. The van der Waals surface area contributed by atoms with Gasteiger partial charge in [0.1, 0.15) is 0 Å². The zero-order valence-corrected chi connectivity index (χ0v) is 8.69. The first-order valence-corrected chi connectivity index (χ1v) is 5.72. The normalized spacial score (nSPS) is 11.3. The van der Waals surface area contributed by atoms with E-state index >= 15 is 0 Å². The summed E-state index contributed by atoms with van der Waals surface area (Å²) in [6.45, 7) is 1.76. The first-order valence-electron chi connectivity index (χ1n) is 3.41. The van der Waals surface area contributed by atoms with E-state index in [2.05, 4.69) is 4.98 Å². The zero-order chi connectivity index (χ0) is 10.1. The topological polar surface area (TPSA) is 56.3 Å². The van der Waals surface area contributed by atoms with Gasteiger partial charge in [-0.05, 0) is 13.0 Å². The highest BCUT2D eigenvalue weighted by Crippen LogP contribution is 2.19. The van der Waals surface area contributed by atoms with Crippen LogP contribution >= 0.6 is 10.7 Å². The van der Waals surface area contributed by atoms with E-state index in [-0.39, 0.29) is 10.9 Å². The van der Waals surface area contributed by atoms with Crippen LogP contribution < -0.4 is 4.74 Å². The molecule has 1 aromatic heterocycles. The summed E-state index contributed by atoms with van der Waals surface area (Å²) in [5.41, 5.74) is 0.756. The van der Waals surface area contributed by atoms with Crippen LogP contribution in [0.4, 0.5) is 0 Å². The Morgan fingerprint density at radius 3 is 2.54 bits per heavy atom. The second kappa shape index (κ2) is 3.51. The number of ether oxygens (including phenoxy) is 1. The molecule has 1 aromatic rings. The SMILES string of the molecule is COc1nc(S(=O)(=O)Cl)ccc1C. The number of rotatable bonds is 2. The van der Waals surface area contributed by atoms with Gasteiger partial charge in [0.25, 0.3) is 9.05 Å². The Morgan fingerprint density at radius 1 is 1.46 bits per heavy atom. The third-order valence-corrected chi connectivity index (χ3v) is 2.67. The summed E-state index contributed by atoms with van der Waals surface area (Å²) in [5.74, 6) is 0.265. The molecule has 0 aliphatic carbocycles. The van der Waals surface area contributed by atoms with Crippen molar-refractivity contribution in [1.82, 2.24) is 4.98 Å². The molecule has 0 amide bonds. The maximum atomic E-state index is 10.9. The van der Waals surface area contributed by atoms with Crippen LogP contribution in [0.5, 0.6) is 5.88 Å². The van der Waals surface area contributed by atoms with E-state index < -0.39 is 9.05 Å². The Balaban J connectivity index is 3.30. The highest BCUT2D eigenvalue weighted by Gasteiger charge is 2.13. The Bertz CT molecular complexity index is 416. The predicted octanol–water partition coefficient (Wildman–Crippen LogP) is 1.33. The Hall–Kier alpha value is -0.810. The molecule has 0 aromatic carbocycles. The highest BCUT2D eigenvalue weighted by atomic mass is 35.7. The molecule has 0 radical (unpaired) electrons. The van der Waals surface area contributed by atoms with Crippen LogP contribution in [0.2, 0.25) is 0 Å². The molecule has 0 atom stereocenters. The first-order chi connectivity index (χ1) is 5.95. The van der Waals surface area contributed by atoms with E-state index in [9.17, 15) is 8.42 Å². The van der Waals surface area contributed by atoms with Gasteiger partial charge in [-0.15, -0.1) is 0 Å². The van der Waals surface area contributed by atoms with Gasteiger partial charge in [0.2, 0.25) is 5.88 Å². The van der Waals surface area contributed by atoms with E-state index in [1.165, 1.54) is 13.2 Å². The minimum atomic E-state index is -3.77. The van der Waals surface area contributed by atoms with Crippen LogP contribution in [0.1, 0.15) is 5.56 Å². The number of hydrogen-bond acceptors (Lipinski definition) is 4. The van der Waals surface area contributed by atoms with Crippen LogP contribution in [0, 0.1) is 6.92 Å². The molecule has 6 heteroatoms. The average Bonchev–Trinajstić information content (AvgIpc) is 2.03. The van der Waals surface area contributed by atoms with E-state index in [4.69, 9.17) is 15.4 Å². The second-order valence-electron chi connectivity index (χ2n) is 2.41. The molecule has 0 aliphatic rings. The molecule has 0 bridgehead atoms. The summed E-state index contributed by atoms with van der Waals surface area (Å²) >= 11 is 0. The van der Waals surface area contributed by atoms with Crippen molar-refractivity contribution in [2.24, 2.45) is 0 Å². The van der Waals surface area contributed by atoms with Crippen molar-refractivity contribution >= 4 is 19.7 Å². The average molecular weight is 222 g/mol. The molecule has 0 spiro atoms. The number of halogens is 1. The van der Waals surface area contributed by atoms with Crippen LogP contribution in [0.25, 0.3) is 0 Å². The summed E-state index contributed by atoms with van der Waals surface area (Å²) in [6, 6.07) is 2.92. The van der Waals surface area contributed by atoms with Gasteiger partial charge in [-0.25, -0.2) is 13.4 Å². The minimum Gasteiger partial charge on any atom is -0.481 e. The van der Waals surface area contributed by atoms with Crippen molar-refractivity contribution in [1.29, 1.82) is 0 Å². The lowest BCUT2D eigenvalue weighted by Gasteiger charge is -2.03. The van der Waals surface area contributed by atoms with Gasteiger partial charge in [-0.3, -0.25) is 0 Å². The number of hydrogen-bond donors (Lipinski definition) is 0. The van der Waals surface area contributed by atoms with Gasteiger partial charge < -0.3 is 4.74 Å². The maximum Gasteiger partial charge on any atom is 0.278 e.